The molecule has 0 spiro atoms. The monoisotopic (exact) mass is 382 g/mol. The van der Waals surface area contributed by atoms with Gasteiger partial charge in [0.05, 0.1) is 5.69 Å². The highest BCUT2D eigenvalue weighted by Gasteiger charge is 2.25. The van der Waals surface area contributed by atoms with Crippen LogP contribution in [-0.4, -0.2) is 16.8 Å². The Morgan fingerprint density at radius 1 is 1.07 bits per heavy atom. The predicted molar refractivity (Wildman–Crippen MR) is 120 cm³/mol. The second kappa shape index (κ2) is 7.76. The summed E-state index contributed by atoms with van der Waals surface area (Å²) in [7, 11) is 0. The van der Waals surface area contributed by atoms with Gasteiger partial charge in [-0.1, -0.05) is 65.8 Å². The van der Waals surface area contributed by atoms with E-state index in [2.05, 4.69) is 73.6 Å². The largest absolute Gasteiger partial charge is 0.304 e. The van der Waals surface area contributed by atoms with Crippen molar-refractivity contribution in [1.82, 2.24) is 10.3 Å². The van der Waals surface area contributed by atoms with Gasteiger partial charge in [0.1, 0.15) is 5.69 Å². The number of allylic oxidation sites excluding steroid dienone is 2. The summed E-state index contributed by atoms with van der Waals surface area (Å²) in [6.45, 7) is 7.31. The van der Waals surface area contributed by atoms with Gasteiger partial charge in [-0.05, 0) is 55.7 Å². The summed E-state index contributed by atoms with van der Waals surface area (Å²) >= 11 is 0. The van der Waals surface area contributed by atoms with Crippen molar-refractivity contribution in [2.24, 2.45) is 0 Å². The zero-order valence-corrected chi connectivity index (χ0v) is 17.2. The molecule has 1 atom stereocenters. The minimum Gasteiger partial charge on any atom is -0.304 e. The Morgan fingerprint density at radius 3 is 2.69 bits per heavy atom. The van der Waals surface area contributed by atoms with Crippen molar-refractivity contribution in [3.05, 3.63) is 89.2 Å². The Hall–Kier alpha value is -3.04. The topological polar surface area (TPSA) is 42.0 Å². The first-order valence-electron chi connectivity index (χ1n) is 10.0. The van der Waals surface area contributed by atoms with Crippen molar-refractivity contribution in [3.8, 4) is 11.3 Å². The van der Waals surface area contributed by atoms with Crippen molar-refractivity contribution >= 4 is 17.1 Å². The third kappa shape index (κ3) is 4.06. The number of fused-ring (bicyclic) bond motifs is 1. The second-order valence-electron chi connectivity index (χ2n) is 8.21. The lowest BCUT2D eigenvalue weighted by Crippen LogP contribution is -2.41. The Bertz CT molecular complexity index is 1140. The Kier molecular flexibility index (Phi) is 5.16. The summed E-state index contributed by atoms with van der Waals surface area (Å²) in [6.07, 6.45) is 6.36. The van der Waals surface area contributed by atoms with Crippen LogP contribution in [0.25, 0.3) is 22.0 Å². The Balaban J connectivity index is 1.77. The van der Waals surface area contributed by atoms with E-state index >= 15 is 0 Å². The van der Waals surface area contributed by atoms with Crippen LogP contribution in [0, 0.1) is 0 Å². The molecule has 0 aliphatic heterocycles. The number of hydrogen-bond acceptors (Lipinski definition) is 3. The summed E-state index contributed by atoms with van der Waals surface area (Å²) in [4.78, 5) is 15.9. The second-order valence-corrected chi connectivity index (χ2v) is 8.21. The van der Waals surface area contributed by atoms with Crippen LogP contribution in [-0.2, 0) is 6.54 Å². The van der Waals surface area contributed by atoms with Gasteiger partial charge in [-0.15, -0.1) is 0 Å². The molecule has 29 heavy (non-hydrogen) atoms. The maximum Gasteiger partial charge on any atom is 0.168 e. The lowest BCUT2D eigenvalue weighted by Gasteiger charge is -2.32. The van der Waals surface area contributed by atoms with E-state index in [0.717, 1.165) is 35.9 Å². The lowest BCUT2D eigenvalue weighted by atomic mass is 9.85. The average Bonchev–Trinajstić information content (AvgIpc) is 2.71. The lowest BCUT2D eigenvalue weighted by molar-refractivity contribution is 0.111. The van der Waals surface area contributed by atoms with Crippen LogP contribution in [0.3, 0.4) is 0 Å². The number of carbonyl (C=O) groups excluding carboxylic acids is 1. The highest BCUT2D eigenvalue weighted by atomic mass is 16.1. The van der Waals surface area contributed by atoms with E-state index in [9.17, 15) is 4.79 Å². The average molecular weight is 383 g/mol. The number of nitrogens with zero attached hydrogens (tertiary/aromatic N) is 1. The SMILES string of the molecule is CC1=CC(C)(NCc2ccc3ccccc3c2-c2cccc(C=O)n2)CC(C)=C1. The number of rotatable bonds is 5. The molecule has 1 aromatic heterocycles. The number of aromatic nitrogens is 1. The van der Waals surface area contributed by atoms with Gasteiger partial charge < -0.3 is 5.32 Å². The molecule has 1 heterocycles. The fraction of sp³-hybridized carbons (Fsp3) is 0.231. The minimum absolute atomic E-state index is 0.0795. The molecule has 3 heteroatoms. The molecule has 0 amide bonds. The van der Waals surface area contributed by atoms with Gasteiger partial charge in [0.2, 0.25) is 0 Å². The molecule has 1 unspecified atom stereocenters. The highest BCUT2D eigenvalue weighted by Crippen LogP contribution is 2.33. The molecule has 1 aliphatic carbocycles. The van der Waals surface area contributed by atoms with Crippen molar-refractivity contribution < 1.29 is 4.79 Å². The van der Waals surface area contributed by atoms with Crippen LogP contribution in [0.1, 0.15) is 43.2 Å². The normalized spacial score (nSPS) is 19.0. The van der Waals surface area contributed by atoms with Crippen LogP contribution >= 0.6 is 0 Å². The van der Waals surface area contributed by atoms with E-state index in [1.165, 1.54) is 22.1 Å². The quantitative estimate of drug-likeness (QED) is 0.562. The van der Waals surface area contributed by atoms with Crippen LogP contribution < -0.4 is 5.32 Å². The van der Waals surface area contributed by atoms with E-state index in [4.69, 9.17) is 0 Å². The van der Waals surface area contributed by atoms with Crippen molar-refractivity contribution in [2.45, 2.75) is 39.3 Å². The third-order valence-corrected chi connectivity index (χ3v) is 5.51. The molecule has 3 nitrogen and oxygen atoms in total. The van der Waals surface area contributed by atoms with Gasteiger partial charge in [-0.2, -0.15) is 0 Å². The molecule has 0 saturated heterocycles. The van der Waals surface area contributed by atoms with Gasteiger partial charge in [0.25, 0.3) is 0 Å². The number of nitrogens with one attached hydrogen (secondary N) is 1. The van der Waals surface area contributed by atoms with E-state index in [1.54, 1.807) is 6.07 Å². The molecule has 1 aliphatic rings. The summed E-state index contributed by atoms with van der Waals surface area (Å²) in [5, 5.41) is 6.09. The van der Waals surface area contributed by atoms with E-state index in [1.807, 2.05) is 18.2 Å². The fourth-order valence-electron chi connectivity index (χ4n) is 4.45. The number of benzene rings is 2. The molecule has 4 rings (SSSR count). The smallest absolute Gasteiger partial charge is 0.168 e. The number of hydrogen-bond donors (Lipinski definition) is 1. The van der Waals surface area contributed by atoms with Crippen LogP contribution in [0.5, 0.6) is 0 Å². The highest BCUT2D eigenvalue weighted by molar-refractivity contribution is 5.97. The zero-order valence-electron chi connectivity index (χ0n) is 17.2. The van der Waals surface area contributed by atoms with Gasteiger partial charge in [-0.3, -0.25) is 4.79 Å². The Labute approximate surface area is 172 Å². The molecule has 2 aromatic carbocycles. The molecule has 0 bridgehead atoms. The zero-order chi connectivity index (χ0) is 20.4. The van der Waals surface area contributed by atoms with Crippen molar-refractivity contribution in [2.75, 3.05) is 0 Å². The number of carbonyl (C=O) groups is 1. The molecule has 1 N–H and O–H groups in total. The van der Waals surface area contributed by atoms with E-state index < -0.39 is 0 Å². The molecular formula is C26H26N2O. The first-order chi connectivity index (χ1) is 14.0. The van der Waals surface area contributed by atoms with E-state index in [0.29, 0.717) is 5.69 Å². The standard InChI is InChI=1S/C26H26N2O/c1-18-13-19(2)15-26(3,14-18)27-16-21-12-11-20-7-4-5-9-23(20)25(21)24-10-6-8-22(17-29)28-24/h4-14,17,27H,15-16H2,1-3H3. The molecule has 146 valence electrons. The number of aldehydes is 1. The van der Waals surface area contributed by atoms with Gasteiger partial charge in [-0.25, -0.2) is 4.98 Å². The Morgan fingerprint density at radius 2 is 1.90 bits per heavy atom. The molecule has 0 radical (unpaired) electrons. The number of pyridine rings is 1. The summed E-state index contributed by atoms with van der Waals surface area (Å²) in [6, 6.07) is 18.3. The van der Waals surface area contributed by atoms with E-state index in [-0.39, 0.29) is 5.54 Å². The predicted octanol–water partition coefficient (Wildman–Crippen LogP) is 5.86. The summed E-state index contributed by atoms with van der Waals surface area (Å²) < 4.78 is 0. The van der Waals surface area contributed by atoms with Gasteiger partial charge in [0.15, 0.2) is 6.29 Å². The van der Waals surface area contributed by atoms with Crippen LogP contribution in [0.2, 0.25) is 0 Å². The molecule has 0 fully saturated rings. The van der Waals surface area contributed by atoms with Gasteiger partial charge >= 0.3 is 0 Å². The first-order valence-corrected chi connectivity index (χ1v) is 10.0. The molecular weight excluding hydrogens is 356 g/mol. The van der Waals surface area contributed by atoms with Crippen LogP contribution in [0.15, 0.2) is 77.9 Å². The van der Waals surface area contributed by atoms with Crippen molar-refractivity contribution in [1.29, 1.82) is 0 Å². The summed E-state index contributed by atoms with van der Waals surface area (Å²) in [5.41, 5.74) is 6.16. The first kappa shape index (κ1) is 19.3. The molecule has 3 aromatic rings. The maximum absolute atomic E-state index is 11.3. The summed E-state index contributed by atoms with van der Waals surface area (Å²) in [5.74, 6) is 0. The van der Waals surface area contributed by atoms with Crippen LogP contribution in [0.4, 0.5) is 0 Å². The minimum atomic E-state index is -0.0795. The maximum atomic E-state index is 11.3. The van der Waals surface area contributed by atoms with Crippen molar-refractivity contribution in [3.63, 3.8) is 0 Å². The molecule has 0 saturated carbocycles. The fourth-order valence-corrected chi connectivity index (χ4v) is 4.45. The third-order valence-electron chi connectivity index (χ3n) is 5.51. The van der Waals surface area contributed by atoms with Gasteiger partial charge in [0, 0.05) is 17.6 Å².